The van der Waals surface area contributed by atoms with Crippen molar-refractivity contribution < 1.29 is 18.7 Å². The number of rotatable bonds is 6. The van der Waals surface area contributed by atoms with Gasteiger partial charge in [-0.2, -0.15) is 0 Å². The molecule has 2 heterocycles. The summed E-state index contributed by atoms with van der Waals surface area (Å²) in [7, 11) is 3.01. The Morgan fingerprint density at radius 3 is 2.83 bits per heavy atom. The monoisotopic (exact) mass is 330 g/mol. The van der Waals surface area contributed by atoms with Gasteiger partial charge in [0.15, 0.2) is 5.69 Å². The lowest BCUT2D eigenvalue weighted by Crippen LogP contribution is -2.21. The van der Waals surface area contributed by atoms with Crippen molar-refractivity contribution in [3.05, 3.63) is 47.7 Å². The molecule has 6 heteroatoms. The highest BCUT2D eigenvalue weighted by molar-refractivity contribution is 5.86. The fraction of sp³-hybridized carbons (Fsp3) is 0.444. The Hall–Kier alpha value is -2.34. The predicted molar refractivity (Wildman–Crippen MR) is 87.9 cm³/mol. The Morgan fingerprint density at radius 1 is 1.33 bits per heavy atom. The maximum absolute atomic E-state index is 11.4. The van der Waals surface area contributed by atoms with E-state index < -0.39 is 5.97 Å². The average molecular weight is 330 g/mol. The Balaban J connectivity index is 1.51. The van der Waals surface area contributed by atoms with E-state index in [1.54, 1.807) is 7.11 Å². The van der Waals surface area contributed by atoms with Crippen LogP contribution in [0.5, 0.6) is 5.75 Å². The summed E-state index contributed by atoms with van der Waals surface area (Å²) >= 11 is 0. The highest BCUT2D eigenvalue weighted by Crippen LogP contribution is 2.23. The molecule has 0 aliphatic carbocycles. The van der Waals surface area contributed by atoms with Crippen LogP contribution < -0.4 is 4.74 Å². The van der Waals surface area contributed by atoms with Gasteiger partial charge in [0.25, 0.3) is 0 Å². The van der Waals surface area contributed by atoms with Gasteiger partial charge in [-0.3, -0.25) is 4.90 Å². The topological polar surface area (TPSA) is 64.8 Å². The van der Waals surface area contributed by atoms with Crippen LogP contribution in [0.1, 0.15) is 28.4 Å². The van der Waals surface area contributed by atoms with E-state index >= 15 is 0 Å². The lowest BCUT2D eigenvalue weighted by Gasteiger charge is -2.14. The summed E-state index contributed by atoms with van der Waals surface area (Å²) in [5.74, 6) is 1.59. The summed E-state index contributed by atoms with van der Waals surface area (Å²) in [5.41, 5.74) is 1.55. The van der Waals surface area contributed by atoms with Gasteiger partial charge in [-0.25, -0.2) is 9.78 Å². The largest absolute Gasteiger partial charge is 0.497 e. The number of oxazole rings is 1. The minimum absolute atomic E-state index is 0.224. The molecule has 1 fully saturated rings. The molecule has 2 aromatic rings. The molecule has 1 atom stereocenters. The second kappa shape index (κ2) is 7.49. The quantitative estimate of drug-likeness (QED) is 0.759. The predicted octanol–water partition coefficient (Wildman–Crippen LogP) is 2.53. The van der Waals surface area contributed by atoms with Crippen LogP contribution in [-0.2, 0) is 17.7 Å². The summed E-state index contributed by atoms with van der Waals surface area (Å²) < 4.78 is 15.2. The summed E-state index contributed by atoms with van der Waals surface area (Å²) in [6, 6.07) is 8.25. The van der Waals surface area contributed by atoms with Crippen molar-refractivity contribution in [1.82, 2.24) is 9.88 Å². The van der Waals surface area contributed by atoms with Crippen LogP contribution in [-0.4, -0.2) is 43.2 Å². The molecule has 128 valence electrons. The summed E-state index contributed by atoms with van der Waals surface area (Å²) in [6.07, 6.45) is 3.56. The van der Waals surface area contributed by atoms with Crippen molar-refractivity contribution in [2.24, 2.45) is 5.92 Å². The number of carbonyl (C=O) groups excluding carboxylic acids is 1. The first-order valence-corrected chi connectivity index (χ1v) is 8.06. The molecule has 1 aromatic carbocycles. The summed E-state index contributed by atoms with van der Waals surface area (Å²) in [5, 5.41) is 0. The number of benzene rings is 1. The van der Waals surface area contributed by atoms with Gasteiger partial charge in [-0.1, -0.05) is 12.1 Å². The van der Waals surface area contributed by atoms with Crippen LogP contribution >= 0.6 is 0 Å². The van der Waals surface area contributed by atoms with E-state index in [0.29, 0.717) is 18.4 Å². The van der Waals surface area contributed by atoms with E-state index in [9.17, 15) is 4.79 Å². The van der Waals surface area contributed by atoms with Crippen molar-refractivity contribution in [1.29, 1.82) is 0 Å². The van der Waals surface area contributed by atoms with E-state index in [1.807, 2.05) is 12.1 Å². The van der Waals surface area contributed by atoms with Crippen LogP contribution in [0.15, 0.2) is 34.9 Å². The minimum Gasteiger partial charge on any atom is -0.497 e. The standard InChI is InChI=1S/C18H22N2O4/c1-22-15-5-3-13(4-6-15)9-14-7-8-20(10-14)11-17-19-16(12-24-17)18(21)23-2/h3-6,12,14H,7-11H2,1-2H3. The second-order valence-electron chi connectivity index (χ2n) is 6.06. The highest BCUT2D eigenvalue weighted by Gasteiger charge is 2.24. The molecule has 1 saturated heterocycles. The molecule has 1 aliphatic heterocycles. The maximum atomic E-state index is 11.4. The zero-order valence-electron chi connectivity index (χ0n) is 14.0. The van der Waals surface area contributed by atoms with Crippen molar-refractivity contribution in [3.8, 4) is 5.75 Å². The van der Waals surface area contributed by atoms with E-state index in [1.165, 1.54) is 18.9 Å². The Kier molecular flexibility index (Phi) is 5.15. The molecule has 1 aromatic heterocycles. The molecule has 0 saturated carbocycles. The molecule has 6 nitrogen and oxygen atoms in total. The second-order valence-corrected chi connectivity index (χ2v) is 6.06. The van der Waals surface area contributed by atoms with E-state index in [2.05, 4.69) is 26.8 Å². The molecule has 0 N–H and O–H groups in total. The molecule has 24 heavy (non-hydrogen) atoms. The molecule has 1 aliphatic rings. The van der Waals surface area contributed by atoms with Gasteiger partial charge in [-0.05, 0) is 43.0 Å². The van der Waals surface area contributed by atoms with Crippen LogP contribution in [0.2, 0.25) is 0 Å². The first-order valence-electron chi connectivity index (χ1n) is 8.06. The molecule has 0 amide bonds. The zero-order valence-corrected chi connectivity index (χ0v) is 14.0. The van der Waals surface area contributed by atoms with Crippen molar-refractivity contribution in [2.45, 2.75) is 19.4 Å². The molecular formula is C18H22N2O4. The van der Waals surface area contributed by atoms with E-state index in [-0.39, 0.29) is 5.69 Å². The third-order valence-corrected chi connectivity index (χ3v) is 4.36. The van der Waals surface area contributed by atoms with Crippen LogP contribution in [0.25, 0.3) is 0 Å². The van der Waals surface area contributed by atoms with Gasteiger partial charge in [-0.15, -0.1) is 0 Å². The Morgan fingerprint density at radius 2 is 2.12 bits per heavy atom. The van der Waals surface area contributed by atoms with Gasteiger partial charge >= 0.3 is 5.97 Å². The van der Waals surface area contributed by atoms with Crippen LogP contribution in [0.3, 0.4) is 0 Å². The van der Waals surface area contributed by atoms with Gasteiger partial charge in [0, 0.05) is 6.54 Å². The maximum Gasteiger partial charge on any atom is 0.360 e. The van der Waals surface area contributed by atoms with Gasteiger partial charge in [0.2, 0.25) is 5.89 Å². The average Bonchev–Trinajstić information content (AvgIpc) is 3.25. The molecule has 0 bridgehead atoms. The molecular weight excluding hydrogens is 308 g/mol. The molecule has 0 radical (unpaired) electrons. The lowest BCUT2D eigenvalue weighted by atomic mass is 9.99. The minimum atomic E-state index is -0.469. The number of ether oxygens (including phenoxy) is 2. The van der Waals surface area contributed by atoms with Gasteiger partial charge in [0.1, 0.15) is 12.0 Å². The normalized spacial score (nSPS) is 17.8. The third-order valence-electron chi connectivity index (χ3n) is 4.36. The Labute approximate surface area is 141 Å². The first-order chi connectivity index (χ1) is 11.7. The first kappa shape index (κ1) is 16.5. The third kappa shape index (κ3) is 3.94. The number of hydrogen-bond donors (Lipinski definition) is 0. The SMILES string of the molecule is COC(=O)c1coc(CN2CCC(Cc3ccc(OC)cc3)C2)n1. The smallest absolute Gasteiger partial charge is 0.360 e. The van der Waals surface area contributed by atoms with E-state index in [0.717, 1.165) is 31.7 Å². The number of methoxy groups -OCH3 is 2. The fourth-order valence-electron chi connectivity index (χ4n) is 3.09. The molecule has 3 rings (SSSR count). The lowest BCUT2D eigenvalue weighted by molar-refractivity contribution is 0.0594. The fourth-order valence-corrected chi connectivity index (χ4v) is 3.09. The van der Waals surface area contributed by atoms with Crippen LogP contribution in [0.4, 0.5) is 0 Å². The summed E-state index contributed by atoms with van der Waals surface area (Å²) in [6.45, 7) is 2.63. The Bertz CT molecular complexity index is 681. The zero-order chi connectivity index (χ0) is 16.9. The van der Waals surface area contributed by atoms with Gasteiger partial charge < -0.3 is 13.9 Å². The number of carbonyl (C=O) groups is 1. The van der Waals surface area contributed by atoms with Crippen LogP contribution in [0, 0.1) is 5.92 Å². The number of esters is 1. The number of hydrogen-bond acceptors (Lipinski definition) is 6. The summed E-state index contributed by atoms with van der Waals surface area (Å²) in [4.78, 5) is 17.9. The number of aromatic nitrogens is 1. The van der Waals surface area contributed by atoms with E-state index in [4.69, 9.17) is 9.15 Å². The van der Waals surface area contributed by atoms with Gasteiger partial charge in [0.05, 0.1) is 20.8 Å². The molecule has 1 unspecified atom stereocenters. The number of nitrogens with zero attached hydrogens (tertiary/aromatic N) is 2. The van der Waals surface area contributed by atoms with Crippen molar-refractivity contribution in [3.63, 3.8) is 0 Å². The van der Waals surface area contributed by atoms with Crippen molar-refractivity contribution in [2.75, 3.05) is 27.3 Å². The number of likely N-dealkylation sites (tertiary alicyclic amines) is 1. The molecule has 0 spiro atoms. The highest BCUT2D eigenvalue weighted by atomic mass is 16.5. The van der Waals surface area contributed by atoms with Crippen molar-refractivity contribution >= 4 is 5.97 Å².